The predicted octanol–water partition coefficient (Wildman–Crippen LogP) is -0.300. The highest BCUT2D eigenvalue weighted by Crippen LogP contribution is 2.12. The maximum Gasteiger partial charge on any atom is 0.246 e. The third-order valence-electron chi connectivity index (χ3n) is 3.22. The van der Waals surface area contributed by atoms with E-state index in [1.54, 1.807) is 6.20 Å². The summed E-state index contributed by atoms with van der Waals surface area (Å²) in [6, 6.07) is -0.363. The lowest BCUT2D eigenvalue weighted by Gasteiger charge is -2.12. The first-order chi connectivity index (χ1) is 8.63. The minimum absolute atomic E-state index is 0.0861. The summed E-state index contributed by atoms with van der Waals surface area (Å²) in [6.45, 7) is 2.91. The number of aryl methyl sites for hydroxylation is 1. The fourth-order valence-electron chi connectivity index (χ4n) is 2.17. The number of likely N-dealkylation sites (tertiary alicyclic amines) is 1. The number of hydrogen-bond acceptors (Lipinski definition) is 4. The van der Waals surface area contributed by atoms with Gasteiger partial charge in [0.15, 0.2) is 0 Å². The molecule has 1 atom stereocenters. The van der Waals surface area contributed by atoms with Crippen molar-refractivity contribution in [1.29, 1.82) is 0 Å². The molecule has 1 N–H and O–H groups in total. The number of carbonyl (C=O) groups is 2. The summed E-state index contributed by atoms with van der Waals surface area (Å²) in [6.07, 6.45) is 4.65. The highest BCUT2D eigenvalue weighted by atomic mass is 16.2. The number of nitrogens with zero attached hydrogens (tertiary/aromatic N) is 3. The number of amides is 2. The normalized spacial score (nSPS) is 19.9. The lowest BCUT2D eigenvalue weighted by Crippen LogP contribution is -2.39. The van der Waals surface area contributed by atoms with E-state index in [2.05, 4.69) is 10.3 Å². The van der Waals surface area contributed by atoms with Gasteiger partial charge in [-0.05, 0) is 6.92 Å². The zero-order chi connectivity index (χ0) is 13.1. The monoisotopic (exact) mass is 250 g/mol. The van der Waals surface area contributed by atoms with Crippen LogP contribution in [0, 0.1) is 0 Å². The number of rotatable bonds is 5. The van der Waals surface area contributed by atoms with Crippen LogP contribution in [0.15, 0.2) is 12.4 Å². The van der Waals surface area contributed by atoms with Gasteiger partial charge in [-0.15, -0.1) is 0 Å². The Morgan fingerprint density at radius 1 is 1.50 bits per heavy atom. The summed E-state index contributed by atoms with van der Waals surface area (Å²) < 4.78 is 1.95. The second-order valence-corrected chi connectivity index (χ2v) is 4.39. The molecule has 1 aromatic rings. The lowest BCUT2D eigenvalue weighted by atomic mass is 10.2. The average Bonchev–Trinajstić information content (AvgIpc) is 2.85. The fraction of sp³-hybridized carbons (Fsp3) is 0.583. The van der Waals surface area contributed by atoms with Crippen LogP contribution < -0.4 is 5.32 Å². The average molecular weight is 250 g/mol. The highest BCUT2D eigenvalue weighted by Gasteiger charge is 2.36. The molecule has 6 heteroatoms. The van der Waals surface area contributed by atoms with Crippen molar-refractivity contribution in [3.63, 3.8) is 0 Å². The first kappa shape index (κ1) is 12.8. The summed E-state index contributed by atoms with van der Waals surface area (Å²) in [5, 5.41) is 3.13. The topological polar surface area (TPSA) is 67.2 Å². The van der Waals surface area contributed by atoms with E-state index in [4.69, 9.17) is 0 Å². The molecule has 0 radical (unpaired) electrons. The van der Waals surface area contributed by atoms with Gasteiger partial charge < -0.3 is 9.88 Å². The van der Waals surface area contributed by atoms with Gasteiger partial charge in [0.1, 0.15) is 5.82 Å². The second kappa shape index (κ2) is 5.30. The zero-order valence-corrected chi connectivity index (χ0v) is 10.7. The molecule has 6 nitrogen and oxygen atoms in total. The molecule has 1 aliphatic rings. The van der Waals surface area contributed by atoms with E-state index in [9.17, 15) is 9.59 Å². The Kier molecular flexibility index (Phi) is 3.76. The van der Waals surface area contributed by atoms with Gasteiger partial charge in [0.05, 0.1) is 12.5 Å². The first-order valence-corrected chi connectivity index (χ1v) is 6.17. The summed E-state index contributed by atoms with van der Waals surface area (Å²) >= 11 is 0. The quantitative estimate of drug-likeness (QED) is 0.729. The van der Waals surface area contributed by atoms with Crippen LogP contribution >= 0.6 is 0 Å². The Bertz CT molecular complexity index is 455. The first-order valence-electron chi connectivity index (χ1n) is 6.17. The van der Waals surface area contributed by atoms with Gasteiger partial charge in [0.2, 0.25) is 11.8 Å². The molecular weight excluding hydrogens is 232 g/mol. The van der Waals surface area contributed by atoms with E-state index in [0.717, 1.165) is 12.2 Å². The highest BCUT2D eigenvalue weighted by molar-refractivity contribution is 6.05. The minimum atomic E-state index is -0.363. The van der Waals surface area contributed by atoms with Crippen LogP contribution in [-0.2, 0) is 23.1 Å². The Morgan fingerprint density at radius 2 is 2.28 bits per heavy atom. The van der Waals surface area contributed by atoms with Crippen LogP contribution in [0.2, 0.25) is 0 Å². The van der Waals surface area contributed by atoms with Crippen molar-refractivity contribution in [2.24, 2.45) is 7.05 Å². The smallest absolute Gasteiger partial charge is 0.246 e. The Hall–Kier alpha value is -1.69. The fourth-order valence-corrected chi connectivity index (χ4v) is 2.17. The molecule has 1 aliphatic heterocycles. The van der Waals surface area contributed by atoms with E-state index < -0.39 is 0 Å². The van der Waals surface area contributed by atoms with Gasteiger partial charge in [-0.2, -0.15) is 0 Å². The second-order valence-electron chi connectivity index (χ2n) is 4.39. The summed E-state index contributed by atoms with van der Waals surface area (Å²) in [5.41, 5.74) is 0. The van der Waals surface area contributed by atoms with Gasteiger partial charge in [0, 0.05) is 39.0 Å². The largest absolute Gasteiger partial charge is 0.338 e. The number of hydrogen-bond donors (Lipinski definition) is 1. The molecule has 1 aromatic heterocycles. The summed E-state index contributed by atoms with van der Waals surface area (Å²) in [5.74, 6) is 0.769. The number of nitrogens with one attached hydrogen (secondary N) is 1. The molecule has 2 heterocycles. The van der Waals surface area contributed by atoms with E-state index in [0.29, 0.717) is 13.1 Å². The number of imidazole rings is 1. The number of carbonyl (C=O) groups excluding carboxylic acids is 2. The van der Waals surface area contributed by atoms with Crippen molar-refractivity contribution in [2.45, 2.75) is 25.8 Å². The Labute approximate surface area is 106 Å². The Morgan fingerprint density at radius 3 is 2.83 bits per heavy atom. The van der Waals surface area contributed by atoms with E-state index in [1.807, 2.05) is 24.7 Å². The van der Waals surface area contributed by atoms with Crippen molar-refractivity contribution in [3.8, 4) is 0 Å². The molecule has 2 amide bonds. The molecule has 0 spiro atoms. The standard InChI is InChI=1S/C12H18N4O2/c1-3-16-11(17)8-9(12(16)18)13-5-4-10-14-6-7-15(10)2/h6-7,9,13H,3-5,8H2,1-2H3. The molecule has 0 bridgehead atoms. The number of aromatic nitrogens is 2. The van der Waals surface area contributed by atoms with Crippen LogP contribution in [0.1, 0.15) is 19.2 Å². The molecule has 2 rings (SSSR count). The molecule has 98 valence electrons. The number of imide groups is 1. The van der Waals surface area contributed by atoms with E-state index in [-0.39, 0.29) is 24.3 Å². The van der Waals surface area contributed by atoms with Crippen LogP contribution in [-0.4, -0.2) is 45.4 Å². The summed E-state index contributed by atoms with van der Waals surface area (Å²) in [7, 11) is 1.94. The maximum absolute atomic E-state index is 11.8. The van der Waals surface area contributed by atoms with Gasteiger partial charge in [-0.1, -0.05) is 0 Å². The van der Waals surface area contributed by atoms with Crippen molar-refractivity contribution in [3.05, 3.63) is 18.2 Å². The maximum atomic E-state index is 11.8. The van der Waals surface area contributed by atoms with E-state index >= 15 is 0 Å². The van der Waals surface area contributed by atoms with Crippen LogP contribution in [0.3, 0.4) is 0 Å². The molecule has 1 fully saturated rings. The molecular formula is C12H18N4O2. The molecule has 0 aliphatic carbocycles. The predicted molar refractivity (Wildman–Crippen MR) is 65.7 cm³/mol. The zero-order valence-electron chi connectivity index (χ0n) is 10.7. The van der Waals surface area contributed by atoms with Crippen molar-refractivity contribution in [1.82, 2.24) is 19.8 Å². The van der Waals surface area contributed by atoms with Crippen molar-refractivity contribution in [2.75, 3.05) is 13.1 Å². The Balaban J connectivity index is 1.83. The van der Waals surface area contributed by atoms with Gasteiger partial charge >= 0.3 is 0 Å². The van der Waals surface area contributed by atoms with E-state index in [1.165, 1.54) is 4.90 Å². The van der Waals surface area contributed by atoms with Crippen LogP contribution in [0.4, 0.5) is 0 Å². The van der Waals surface area contributed by atoms with Crippen LogP contribution in [0.5, 0.6) is 0 Å². The SMILES string of the molecule is CCN1C(=O)CC(NCCc2nccn2C)C1=O. The summed E-state index contributed by atoms with van der Waals surface area (Å²) in [4.78, 5) is 28.9. The van der Waals surface area contributed by atoms with Gasteiger partial charge in [0.25, 0.3) is 0 Å². The molecule has 1 unspecified atom stereocenters. The van der Waals surface area contributed by atoms with Gasteiger partial charge in [-0.25, -0.2) is 4.98 Å². The lowest BCUT2D eigenvalue weighted by molar-refractivity contribution is -0.138. The van der Waals surface area contributed by atoms with Gasteiger partial charge in [-0.3, -0.25) is 14.5 Å². The van der Waals surface area contributed by atoms with Crippen molar-refractivity contribution >= 4 is 11.8 Å². The third kappa shape index (κ3) is 2.43. The minimum Gasteiger partial charge on any atom is -0.338 e. The van der Waals surface area contributed by atoms with Crippen LogP contribution in [0.25, 0.3) is 0 Å². The molecule has 18 heavy (non-hydrogen) atoms. The molecule has 0 aromatic carbocycles. The van der Waals surface area contributed by atoms with Crippen molar-refractivity contribution < 1.29 is 9.59 Å². The molecule has 1 saturated heterocycles. The number of likely N-dealkylation sites (N-methyl/N-ethyl adjacent to an activating group) is 1. The third-order valence-corrected chi connectivity index (χ3v) is 3.22. The molecule has 0 saturated carbocycles.